The summed E-state index contributed by atoms with van der Waals surface area (Å²) in [6, 6.07) is 7.75. The fraction of sp³-hybridized carbons (Fsp3) is 0.308. The van der Waals surface area contributed by atoms with Crippen molar-refractivity contribution in [3.8, 4) is 0 Å². The standard InChI is InChI=1S/C13H17NO2/c1-10-7-5-6-8-11(10)12(9-14(2)3)13(15)16-4/h5-9H,1-4H3. The molecule has 0 N–H and O–H groups in total. The van der Waals surface area contributed by atoms with Crippen molar-refractivity contribution < 1.29 is 9.53 Å². The summed E-state index contributed by atoms with van der Waals surface area (Å²) in [5.41, 5.74) is 2.54. The molecule has 0 amide bonds. The smallest absolute Gasteiger partial charge is 0.339 e. The lowest BCUT2D eigenvalue weighted by Crippen LogP contribution is -2.10. The molecule has 1 aromatic carbocycles. The van der Waals surface area contributed by atoms with Crippen LogP contribution in [-0.4, -0.2) is 32.1 Å². The summed E-state index contributed by atoms with van der Waals surface area (Å²) in [6.07, 6.45) is 1.77. The second-order valence-electron chi connectivity index (χ2n) is 3.81. The maximum atomic E-state index is 11.7. The van der Waals surface area contributed by atoms with Gasteiger partial charge in [0.05, 0.1) is 12.7 Å². The topological polar surface area (TPSA) is 29.5 Å². The molecule has 0 heterocycles. The van der Waals surface area contributed by atoms with E-state index in [1.807, 2.05) is 50.2 Å². The molecule has 0 aliphatic carbocycles. The zero-order chi connectivity index (χ0) is 12.1. The number of rotatable bonds is 3. The number of benzene rings is 1. The van der Waals surface area contributed by atoms with Gasteiger partial charge >= 0.3 is 5.97 Å². The van der Waals surface area contributed by atoms with E-state index in [1.54, 1.807) is 6.20 Å². The third-order valence-electron chi connectivity index (χ3n) is 2.23. The first-order chi connectivity index (χ1) is 7.56. The van der Waals surface area contributed by atoms with Gasteiger partial charge in [-0.05, 0) is 18.1 Å². The molecule has 0 atom stereocenters. The van der Waals surface area contributed by atoms with Gasteiger partial charge in [-0.25, -0.2) is 4.79 Å². The van der Waals surface area contributed by atoms with Gasteiger partial charge in [0.15, 0.2) is 0 Å². The number of hydrogen-bond acceptors (Lipinski definition) is 3. The number of methoxy groups -OCH3 is 1. The molecule has 0 bridgehead atoms. The van der Waals surface area contributed by atoms with E-state index in [1.165, 1.54) is 7.11 Å². The van der Waals surface area contributed by atoms with Crippen LogP contribution in [0.4, 0.5) is 0 Å². The molecule has 0 radical (unpaired) electrons. The van der Waals surface area contributed by atoms with Crippen LogP contribution in [0.25, 0.3) is 5.57 Å². The lowest BCUT2D eigenvalue weighted by molar-refractivity contribution is -0.133. The van der Waals surface area contributed by atoms with E-state index < -0.39 is 0 Å². The van der Waals surface area contributed by atoms with Gasteiger partial charge in [-0.2, -0.15) is 0 Å². The number of nitrogens with zero attached hydrogens (tertiary/aromatic N) is 1. The number of ether oxygens (including phenoxy) is 1. The van der Waals surface area contributed by atoms with Gasteiger partial charge in [0, 0.05) is 20.3 Å². The van der Waals surface area contributed by atoms with Crippen LogP contribution in [0.3, 0.4) is 0 Å². The van der Waals surface area contributed by atoms with E-state index in [0.717, 1.165) is 11.1 Å². The van der Waals surface area contributed by atoms with Crippen LogP contribution in [0.1, 0.15) is 11.1 Å². The Hall–Kier alpha value is -1.77. The van der Waals surface area contributed by atoms with Gasteiger partial charge in [0.2, 0.25) is 0 Å². The Morgan fingerprint density at radius 1 is 1.31 bits per heavy atom. The molecule has 0 unspecified atom stereocenters. The monoisotopic (exact) mass is 219 g/mol. The zero-order valence-electron chi connectivity index (χ0n) is 10.2. The first-order valence-electron chi connectivity index (χ1n) is 5.09. The highest BCUT2D eigenvalue weighted by Gasteiger charge is 2.14. The minimum Gasteiger partial charge on any atom is -0.465 e. The summed E-state index contributed by atoms with van der Waals surface area (Å²) < 4.78 is 4.79. The van der Waals surface area contributed by atoms with Crippen molar-refractivity contribution in [2.75, 3.05) is 21.2 Å². The van der Waals surface area contributed by atoms with Crippen LogP contribution < -0.4 is 0 Å². The van der Waals surface area contributed by atoms with Gasteiger partial charge < -0.3 is 9.64 Å². The number of esters is 1. The Morgan fingerprint density at radius 3 is 2.44 bits per heavy atom. The molecule has 3 heteroatoms. The third-order valence-corrected chi connectivity index (χ3v) is 2.23. The number of aryl methyl sites for hydroxylation is 1. The van der Waals surface area contributed by atoms with Crippen molar-refractivity contribution in [1.82, 2.24) is 4.90 Å². The largest absolute Gasteiger partial charge is 0.465 e. The zero-order valence-corrected chi connectivity index (χ0v) is 10.2. The first-order valence-corrected chi connectivity index (χ1v) is 5.09. The molecule has 0 saturated carbocycles. The number of carbonyl (C=O) groups is 1. The molecule has 0 spiro atoms. The van der Waals surface area contributed by atoms with Crippen molar-refractivity contribution in [1.29, 1.82) is 0 Å². The second-order valence-corrected chi connectivity index (χ2v) is 3.81. The van der Waals surface area contributed by atoms with Crippen molar-refractivity contribution in [3.05, 3.63) is 41.6 Å². The molecule has 0 aliphatic rings. The second kappa shape index (κ2) is 5.35. The van der Waals surface area contributed by atoms with Gasteiger partial charge in [0.25, 0.3) is 0 Å². The lowest BCUT2D eigenvalue weighted by Gasteiger charge is -2.12. The predicted molar refractivity (Wildman–Crippen MR) is 64.9 cm³/mol. The Bertz CT molecular complexity index is 408. The van der Waals surface area contributed by atoms with Crippen LogP contribution in [0, 0.1) is 6.92 Å². The molecular weight excluding hydrogens is 202 g/mol. The molecule has 16 heavy (non-hydrogen) atoms. The van der Waals surface area contributed by atoms with E-state index in [4.69, 9.17) is 4.74 Å². The maximum Gasteiger partial charge on any atom is 0.339 e. The Kier molecular flexibility index (Phi) is 4.11. The van der Waals surface area contributed by atoms with E-state index >= 15 is 0 Å². The number of hydrogen-bond donors (Lipinski definition) is 0. The highest BCUT2D eigenvalue weighted by molar-refractivity contribution is 6.16. The molecule has 3 nitrogen and oxygen atoms in total. The normalized spacial score (nSPS) is 11.1. The van der Waals surface area contributed by atoms with E-state index in [9.17, 15) is 4.79 Å². The number of carbonyl (C=O) groups excluding carboxylic acids is 1. The van der Waals surface area contributed by atoms with Crippen LogP contribution in [-0.2, 0) is 9.53 Å². The minimum absolute atomic E-state index is 0.317. The van der Waals surface area contributed by atoms with Crippen LogP contribution in [0.2, 0.25) is 0 Å². The molecule has 86 valence electrons. The van der Waals surface area contributed by atoms with Crippen LogP contribution >= 0.6 is 0 Å². The van der Waals surface area contributed by atoms with Gasteiger partial charge in [0.1, 0.15) is 0 Å². The van der Waals surface area contributed by atoms with Gasteiger partial charge in [-0.1, -0.05) is 24.3 Å². The average molecular weight is 219 g/mol. The molecule has 0 saturated heterocycles. The van der Waals surface area contributed by atoms with Crippen LogP contribution in [0.5, 0.6) is 0 Å². The molecule has 0 aliphatic heterocycles. The minimum atomic E-state index is -0.317. The summed E-state index contributed by atoms with van der Waals surface area (Å²) in [4.78, 5) is 13.5. The van der Waals surface area contributed by atoms with E-state index in [0.29, 0.717) is 5.57 Å². The summed E-state index contributed by atoms with van der Waals surface area (Å²) in [5, 5.41) is 0. The first kappa shape index (κ1) is 12.3. The molecular formula is C13H17NO2. The Morgan fingerprint density at radius 2 is 1.94 bits per heavy atom. The SMILES string of the molecule is COC(=O)C(=CN(C)C)c1ccccc1C. The molecule has 0 fully saturated rings. The van der Waals surface area contributed by atoms with Gasteiger partial charge in [-0.15, -0.1) is 0 Å². The summed E-state index contributed by atoms with van der Waals surface area (Å²) in [5.74, 6) is -0.317. The predicted octanol–water partition coefficient (Wildman–Crippen LogP) is 2.07. The van der Waals surface area contributed by atoms with Crippen molar-refractivity contribution in [3.63, 3.8) is 0 Å². The quantitative estimate of drug-likeness (QED) is 0.575. The molecule has 0 aromatic heterocycles. The highest BCUT2D eigenvalue weighted by atomic mass is 16.5. The lowest BCUT2D eigenvalue weighted by atomic mass is 10.0. The molecule has 1 aromatic rings. The van der Waals surface area contributed by atoms with E-state index in [-0.39, 0.29) is 5.97 Å². The Labute approximate surface area is 96.3 Å². The highest BCUT2D eigenvalue weighted by Crippen LogP contribution is 2.20. The van der Waals surface area contributed by atoms with Crippen molar-refractivity contribution >= 4 is 11.5 Å². The van der Waals surface area contributed by atoms with E-state index in [2.05, 4.69) is 0 Å². The molecule has 1 rings (SSSR count). The average Bonchev–Trinajstić information content (AvgIpc) is 2.26. The maximum absolute atomic E-state index is 11.7. The fourth-order valence-corrected chi connectivity index (χ4v) is 1.48. The summed E-state index contributed by atoms with van der Waals surface area (Å²) in [7, 11) is 5.15. The van der Waals surface area contributed by atoms with Gasteiger partial charge in [-0.3, -0.25) is 0 Å². The summed E-state index contributed by atoms with van der Waals surface area (Å²) >= 11 is 0. The third kappa shape index (κ3) is 2.86. The summed E-state index contributed by atoms with van der Waals surface area (Å²) in [6.45, 7) is 1.97. The van der Waals surface area contributed by atoms with Crippen LogP contribution in [0.15, 0.2) is 30.5 Å². The van der Waals surface area contributed by atoms with Crippen molar-refractivity contribution in [2.45, 2.75) is 6.92 Å². The fourth-order valence-electron chi connectivity index (χ4n) is 1.48. The Balaban J connectivity index is 3.22. The van der Waals surface area contributed by atoms with Crippen molar-refractivity contribution in [2.24, 2.45) is 0 Å².